The van der Waals surface area contributed by atoms with Gasteiger partial charge in [-0.3, -0.25) is 0 Å². The third-order valence-electron chi connectivity index (χ3n) is 5.02. The molecule has 1 aliphatic carbocycles. The lowest BCUT2D eigenvalue weighted by atomic mass is 9.81. The van der Waals surface area contributed by atoms with Gasteiger partial charge in [0, 0.05) is 13.1 Å². The first-order chi connectivity index (χ1) is 9.28. The fourth-order valence-electron chi connectivity index (χ4n) is 3.63. The van der Waals surface area contributed by atoms with Crippen LogP contribution in [0.15, 0.2) is 0 Å². The van der Waals surface area contributed by atoms with E-state index in [1.54, 1.807) is 0 Å². The number of β-amino-alcohol motifs (C(OH)–C–C–N with tert-alkyl or cyclic N) is 1. The summed E-state index contributed by atoms with van der Waals surface area (Å²) in [6.07, 6.45) is 9.38. The first kappa shape index (κ1) is 15.3. The van der Waals surface area contributed by atoms with E-state index in [0.29, 0.717) is 0 Å². The van der Waals surface area contributed by atoms with Crippen molar-refractivity contribution in [1.82, 2.24) is 10.2 Å². The fraction of sp³-hybridized carbons (Fsp3) is 1.00. The van der Waals surface area contributed by atoms with Gasteiger partial charge in [-0.1, -0.05) is 26.2 Å². The predicted molar refractivity (Wildman–Crippen MR) is 80.3 cm³/mol. The van der Waals surface area contributed by atoms with Crippen molar-refractivity contribution in [2.24, 2.45) is 11.8 Å². The lowest BCUT2D eigenvalue weighted by Crippen LogP contribution is -2.38. The molecular formula is C16H32N2O. The second-order valence-corrected chi connectivity index (χ2v) is 6.61. The van der Waals surface area contributed by atoms with Crippen LogP contribution in [-0.2, 0) is 0 Å². The molecule has 0 bridgehead atoms. The summed E-state index contributed by atoms with van der Waals surface area (Å²) in [5.41, 5.74) is 0. The Labute approximate surface area is 118 Å². The Balaban J connectivity index is 1.51. The molecule has 3 heteroatoms. The van der Waals surface area contributed by atoms with E-state index in [0.717, 1.165) is 31.5 Å². The van der Waals surface area contributed by atoms with Crippen molar-refractivity contribution in [3.8, 4) is 0 Å². The maximum Gasteiger partial charge on any atom is 0.0791 e. The van der Waals surface area contributed by atoms with Crippen LogP contribution >= 0.6 is 0 Å². The van der Waals surface area contributed by atoms with Crippen molar-refractivity contribution in [3.63, 3.8) is 0 Å². The Kier molecular flexibility index (Phi) is 6.62. The quantitative estimate of drug-likeness (QED) is 0.743. The smallest absolute Gasteiger partial charge is 0.0791 e. The van der Waals surface area contributed by atoms with Crippen molar-refractivity contribution < 1.29 is 5.11 Å². The summed E-state index contributed by atoms with van der Waals surface area (Å²) >= 11 is 0. The summed E-state index contributed by atoms with van der Waals surface area (Å²) in [4.78, 5) is 2.39. The molecule has 0 radical (unpaired) electrons. The van der Waals surface area contributed by atoms with Gasteiger partial charge in [0.15, 0.2) is 0 Å². The van der Waals surface area contributed by atoms with E-state index < -0.39 is 0 Å². The van der Waals surface area contributed by atoms with Gasteiger partial charge in [-0.2, -0.15) is 0 Å². The van der Waals surface area contributed by atoms with Gasteiger partial charge >= 0.3 is 0 Å². The minimum absolute atomic E-state index is 0.190. The summed E-state index contributed by atoms with van der Waals surface area (Å²) in [6.45, 7) is 7.40. The van der Waals surface area contributed by atoms with Crippen LogP contribution in [0.1, 0.15) is 51.9 Å². The molecule has 112 valence electrons. The number of aliphatic hydroxyl groups excluding tert-OH is 1. The second-order valence-electron chi connectivity index (χ2n) is 6.61. The van der Waals surface area contributed by atoms with Gasteiger partial charge in [0.1, 0.15) is 0 Å². The molecule has 2 N–H and O–H groups in total. The monoisotopic (exact) mass is 268 g/mol. The highest BCUT2D eigenvalue weighted by Gasteiger charge is 2.20. The predicted octanol–water partition coefficient (Wildman–Crippen LogP) is 2.25. The third kappa shape index (κ3) is 5.41. The van der Waals surface area contributed by atoms with Crippen LogP contribution in [-0.4, -0.2) is 48.8 Å². The number of likely N-dealkylation sites (tertiary alicyclic amines) is 1. The SMILES string of the molecule is CCC1CCC(CNCC(O)CN2CCCC2)CC1. The molecule has 3 nitrogen and oxygen atoms in total. The third-order valence-corrected chi connectivity index (χ3v) is 5.02. The highest BCUT2D eigenvalue weighted by Crippen LogP contribution is 2.29. The Hall–Kier alpha value is -0.120. The van der Waals surface area contributed by atoms with Gasteiger partial charge in [0.05, 0.1) is 6.10 Å². The van der Waals surface area contributed by atoms with Crippen LogP contribution < -0.4 is 5.32 Å². The molecular weight excluding hydrogens is 236 g/mol. The normalized spacial score (nSPS) is 30.6. The molecule has 0 aromatic carbocycles. The highest BCUT2D eigenvalue weighted by atomic mass is 16.3. The van der Waals surface area contributed by atoms with Gasteiger partial charge in [-0.25, -0.2) is 0 Å². The number of rotatable bonds is 7. The van der Waals surface area contributed by atoms with Crippen LogP contribution in [0.5, 0.6) is 0 Å². The number of nitrogens with zero attached hydrogens (tertiary/aromatic N) is 1. The fourth-order valence-corrected chi connectivity index (χ4v) is 3.63. The molecule has 0 aromatic heterocycles. The minimum atomic E-state index is -0.190. The van der Waals surface area contributed by atoms with Crippen molar-refractivity contribution in [2.75, 3.05) is 32.7 Å². The maximum atomic E-state index is 10.0. The van der Waals surface area contributed by atoms with E-state index in [9.17, 15) is 5.11 Å². The Bertz CT molecular complexity index is 233. The lowest BCUT2D eigenvalue weighted by Gasteiger charge is -2.28. The van der Waals surface area contributed by atoms with Crippen LogP contribution in [0.4, 0.5) is 0 Å². The Morgan fingerprint density at radius 1 is 1.11 bits per heavy atom. The van der Waals surface area contributed by atoms with E-state index in [1.807, 2.05) is 0 Å². The van der Waals surface area contributed by atoms with E-state index in [2.05, 4.69) is 17.1 Å². The van der Waals surface area contributed by atoms with Gasteiger partial charge in [-0.15, -0.1) is 0 Å². The second kappa shape index (κ2) is 8.23. The molecule has 2 aliphatic rings. The van der Waals surface area contributed by atoms with E-state index in [4.69, 9.17) is 0 Å². The van der Waals surface area contributed by atoms with Gasteiger partial charge in [0.25, 0.3) is 0 Å². The molecule has 0 spiro atoms. The molecule has 1 aliphatic heterocycles. The first-order valence-corrected chi connectivity index (χ1v) is 8.39. The van der Waals surface area contributed by atoms with E-state index in [1.165, 1.54) is 58.0 Å². The average Bonchev–Trinajstić information content (AvgIpc) is 2.92. The van der Waals surface area contributed by atoms with Gasteiger partial charge in [0.2, 0.25) is 0 Å². The largest absolute Gasteiger partial charge is 0.390 e. The molecule has 1 saturated heterocycles. The zero-order valence-electron chi connectivity index (χ0n) is 12.6. The molecule has 2 fully saturated rings. The Morgan fingerprint density at radius 2 is 1.74 bits per heavy atom. The zero-order chi connectivity index (χ0) is 13.5. The standard InChI is InChI=1S/C16H32N2O/c1-2-14-5-7-15(8-6-14)11-17-12-16(19)13-18-9-3-4-10-18/h14-17,19H,2-13H2,1H3. The summed E-state index contributed by atoms with van der Waals surface area (Å²) in [7, 11) is 0. The summed E-state index contributed by atoms with van der Waals surface area (Å²) < 4.78 is 0. The first-order valence-electron chi connectivity index (χ1n) is 8.39. The number of aliphatic hydroxyl groups is 1. The van der Waals surface area contributed by atoms with E-state index in [-0.39, 0.29) is 6.10 Å². The molecule has 2 rings (SSSR count). The van der Waals surface area contributed by atoms with Crippen molar-refractivity contribution in [3.05, 3.63) is 0 Å². The topological polar surface area (TPSA) is 35.5 Å². The summed E-state index contributed by atoms with van der Waals surface area (Å²) in [6, 6.07) is 0. The molecule has 1 atom stereocenters. The number of hydrogen-bond acceptors (Lipinski definition) is 3. The minimum Gasteiger partial charge on any atom is -0.390 e. The average molecular weight is 268 g/mol. The van der Waals surface area contributed by atoms with Crippen LogP contribution in [0.3, 0.4) is 0 Å². The van der Waals surface area contributed by atoms with Crippen LogP contribution in [0.25, 0.3) is 0 Å². The summed E-state index contributed by atoms with van der Waals surface area (Å²) in [5, 5.41) is 13.5. The Morgan fingerprint density at radius 3 is 2.37 bits per heavy atom. The lowest BCUT2D eigenvalue weighted by molar-refractivity contribution is 0.121. The van der Waals surface area contributed by atoms with Crippen molar-refractivity contribution in [2.45, 2.75) is 58.0 Å². The molecule has 0 amide bonds. The molecule has 19 heavy (non-hydrogen) atoms. The van der Waals surface area contributed by atoms with Crippen molar-refractivity contribution in [1.29, 1.82) is 0 Å². The number of hydrogen-bond donors (Lipinski definition) is 2. The van der Waals surface area contributed by atoms with Crippen molar-refractivity contribution >= 4 is 0 Å². The molecule has 1 heterocycles. The van der Waals surface area contributed by atoms with Gasteiger partial charge in [-0.05, 0) is 57.2 Å². The maximum absolute atomic E-state index is 10.0. The zero-order valence-corrected chi connectivity index (χ0v) is 12.6. The van der Waals surface area contributed by atoms with Crippen LogP contribution in [0, 0.1) is 11.8 Å². The van der Waals surface area contributed by atoms with Crippen LogP contribution in [0.2, 0.25) is 0 Å². The number of nitrogens with one attached hydrogen (secondary N) is 1. The molecule has 0 aromatic rings. The highest BCUT2D eigenvalue weighted by molar-refractivity contribution is 4.75. The van der Waals surface area contributed by atoms with Gasteiger partial charge < -0.3 is 15.3 Å². The van der Waals surface area contributed by atoms with E-state index >= 15 is 0 Å². The molecule has 1 unspecified atom stereocenters. The summed E-state index contributed by atoms with van der Waals surface area (Å²) in [5.74, 6) is 1.83. The molecule has 1 saturated carbocycles.